The fourth-order valence-corrected chi connectivity index (χ4v) is 3.01. The molecule has 0 bridgehead atoms. The highest BCUT2D eigenvalue weighted by molar-refractivity contribution is 4.93. The molecule has 0 amide bonds. The summed E-state index contributed by atoms with van der Waals surface area (Å²) in [6.07, 6.45) is 3.16. The number of hydrogen-bond donors (Lipinski definition) is 1. The molecule has 2 rings (SSSR count). The van der Waals surface area contributed by atoms with Crippen LogP contribution < -0.4 is 0 Å². The monoisotopic (exact) mass is 258 g/mol. The minimum Gasteiger partial charge on any atom is -0.393 e. The molecule has 3 unspecified atom stereocenters. The highest BCUT2D eigenvalue weighted by Gasteiger charge is 2.43. The van der Waals surface area contributed by atoms with Gasteiger partial charge in [-0.05, 0) is 32.6 Å². The Morgan fingerprint density at radius 3 is 2.83 bits per heavy atom. The number of methoxy groups -OCH3 is 1. The molecule has 0 aliphatic carbocycles. The Morgan fingerprint density at radius 1 is 1.44 bits per heavy atom. The van der Waals surface area contributed by atoms with E-state index in [1.54, 1.807) is 7.11 Å². The van der Waals surface area contributed by atoms with E-state index < -0.39 is 0 Å². The summed E-state index contributed by atoms with van der Waals surface area (Å²) < 4.78 is 16.8. The molecule has 4 nitrogen and oxygen atoms in total. The zero-order chi connectivity index (χ0) is 13.2. The van der Waals surface area contributed by atoms with Gasteiger partial charge in [0.1, 0.15) is 0 Å². The minimum atomic E-state index is -0.318. The molecule has 2 aliphatic rings. The summed E-state index contributed by atoms with van der Waals surface area (Å²) in [5, 5.41) is 10.4. The van der Waals surface area contributed by atoms with E-state index in [-0.39, 0.29) is 17.3 Å². The fourth-order valence-electron chi connectivity index (χ4n) is 3.01. The number of aliphatic hydroxyl groups is 1. The van der Waals surface area contributed by atoms with Crippen molar-refractivity contribution < 1.29 is 19.3 Å². The van der Waals surface area contributed by atoms with Crippen molar-refractivity contribution in [2.24, 2.45) is 5.92 Å². The van der Waals surface area contributed by atoms with Gasteiger partial charge < -0.3 is 19.3 Å². The molecule has 0 radical (unpaired) electrons. The minimum absolute atomic E-state index is 0.124. The molecule has 2 aliphatic heterocycles. The van der Waals surface area contributed by atoms with Gasteiger partial charge in [-0.3, -0.25) is 0 Å². The second-order valence-electron chi connectivity index (χ2n) is 6.32. The summed E-state index contributed by atoms with van der Waals surface area (Å²) in [4.78, 5) is 0. The first kappa shape index (κ1) is 14.3. The Hall–Kier alpha value is -0.160. The maximum absolute atomic E-state index is 10.4. The first-order valence-electron chi connectivity index (χ1n) is 6.91. The van der Waals surface area contributed by atoms with Crippen LogP contribution in [0.2, 0.25) is 0 Å². The number of aliphatic hydroxyl groups excluding tert-OH is 1. The van der Waals surface area contributed by atoms with Crippen LogP contribution in [0.1, 0.15) is 39.5 Å². The summed E-state index contributed by atoms with van der Waals surface area (Å²) in [6, 6.07) is 0. The Bertz CT molecular complexity index is 271. The lowest BCUT2D eigenvalue weighted by Crippen LogP contribution is -2.45. The van der Waals surface area contributed by atoms with Crippen molar-refractivity contribution in [1.29, 1.82) is 0 Å². The van der Waals surface area contributed by atoms with Crippen LogP contribution in [-0.2, 0) is 14.2 Å². The first-order chi connectivity index (χ1) is 8.46. The van der Waals surface area contributed by atoms with Crippen LogP contribution in [0.3, 0.4) is 0 Å². The zero-order valence-electron chi connectivity index (χ0n) is 11.8. The quantitative estimate of drug-likeness (QED) is 0.834. The van der Waals surface area contributed by atoms with E-state index in [1.807, 2.05) is 13.8 Å². The van der Waals surface area contributed by atoms with Gasteiger partial charge in [-0.25, -0.2) is 0 Å². The molecule has 2 fully saturated rings. The predicted octanol–water partition coefficient (Wildman–Crippen LogP) is 1.75. The Kier molecular flexibility index (Phi) is 4.32. The molecule has 1 N–H and O–H groups in total. The highest BCUT2D eigenvalue weighted by Crippen LogP contribution is 2.38. The molecule has 106 valence electrons. The average Bonchev–Trinajstić information content (AvgIpc) is 2.77. The Balaban J connectivity index is 1.92. The van der Waals surface area contributed by atoms with E-state index in [9.17, 15) is 5.11 Å². The second kappa shape index (κ2) is 5.45. The topological polar surface area (TPSA) is 47.9 Å². The number of ether oxygens (including phenoxy) is 3. The van der Waals surface area contributed by atoms with E-state index >= 15 is 0 Å². The van der Waals surface area contributed by atoms with Crippen molar-refractivity contribution in [2.75, 3.05) is 26.9 Å². The molecule has 3 atom stereocenters. The summed E-state index contributed by atoms with van der Waals surface area (Å²) in [5.74, 6) is 0.301. The number of hydrogen-bond acceptors (Lipinski definition) is 4. The zero-order valence-corrected chi connectivity index (χ0v) is 11.8. The maximum Gasteiger partial charge on any atom is 0.0940 e. The maximum atomic E-state index is 10.4. The van der Waals surface area contributed by atoms with Crippen LogP contribution in [0, 0.1) is 5.92 Å². The van der Waals surface area contributed by atoms with Gasteiger partial charge in [0.25, 0.3) is 0 Å². The third kappa shape index (κ3) is 3.23. The van der Waals surface area contributed by atoms with Gasteiger partial charge in [0.05, 0.1) is 23.9 Å². The lowest BCUT2D eigenvalue weighted by Gasteiger charge is -2.40. The van der Waals surface area contributed by atoms with E-state index in [2.05, 4.69) is 0 Å². The lowest BCUT2D eigenvalue weighted by molar-refractivity contribution is -0.125. The molecule has 1 spiro atoms. The SMILES string of the molecule is COC(C)(C)CC(O)C1CCOC2(CCOC2)C1. The molecule has 18 heavy (non-hydrogen) atoms. The Morgan fingerprint density at radius 2 is 2.22 bits per heavy atom. The largest absolute Gasteiger partial charge is 0.393 e. The normalized spacial score (nSPS) is 35.0. The smallest absolute Gasteiger partial charge is 0.0940 e. The number of rotatable bonds is 4. The van der Waals surface area contributed by atoms with E-state index in [0.717, 1.165) is 32.5 Å². The van der Waals surface area contributed by atoms with Gasteiger partial charge in [0, 0.05) is 33.2 Å². The van der Waals surface area contributed by atoms with Gasteiger partial charge in [0.15, 0.2) is 0 Å². The molecule has 2 saturated heterocycles. The van der Waals surface area contributed by atoms with Gasteiger partial charge in [0.2, 0.25) is 0 Å². The van der Waals surface area contributed by atoms with Crippen LogP contribution in [-0.4, -0.2) is 49.3 Å². The summed E-state index contributed by atoms with van der Waals surface area (Å²) >= 11 is 0. The van der Waals surface area contributed by atoms with Crippen LogP contribution in [0.25, 0.3) is 0 Å². The third-order valence-corrected chi connectivity index (χ3v) is 4.40. The Labute approximate surface area is 110 Å². The van der Waals surface area contributed by atoms with E-state index in [1.165, 1.54) is 0 Å². The van der Waals surface area contributed by atoms with Crippen LogP contribution in [0.15, 0.2) is 0 Å². The van der Waals surface area contributed by atoms with Gasteiger partial charge in [-0.15, -0.1) is 0 Å². The summed E-state index contributed by atoms with van der Waals surface area (Å²) in [5.41, 5.74) is -0.391. The van der Waals surface area contributed by atoms with Crippen molar-refractivity contribution in [1.82, 2.24) is 0 Å². The molecular weight excluding hydrogens is 232 g/mol. The highest BCUT2D eigenvalue weighted by atomic mass is 16.6. The van der Waals surface area contributed by atoms with Crippen LogP contribution >= 0.6 is 0 Å². The molecule has 0 aromatic rings. The van der Waals surface area contributed by atoms with Crippen molar-refractivity contribution >= 4 is 0 Å². The van der Waals surface area contributed by atoms with Gasteiger partial charge in [-0.2, -0.15) is 0 Å². The van der Waals surface area contributed by atoms with E-state index in [0.29, 0.717) is 18.9 Å². The lowest BCUT2D eigenvalue weighted by atomic mass is 9.79. The molecule has 2 heterocycles. The standard InChI is InChI=1S/C14H26O4/c1-13(2,16-3)9-12(15)11-4-6-18-14(8-11)5-7-17-10-14/h11-12,15H,4-10H2,1-3H3. The summed E-state index contributed by atoms with van der Waals surface area (Å²) in [7, 11) is 1.70. The summed E-state index contributed by atoms with van der Waals surface area (Å²) in [6.45, 7) is 6.24. The molecule has 0 aromatic carbocycles. The van der Waals surface area contributed by atoms with Crippen LogP contribution in [0.5, 0.6) is 0 Å². The van der Waals surface area contributed by atoms with E-state index in [4.69, 9.17) is 14.2 Å². The van der Waals surface area contributed by atoms with Gasteiger partial charge in [-0.1, -0.05) is 0 Å². The second-order valence-corrected chi connectivity index (χ2v) is 6.32. The van der Waals surface area contributed by atoms with Gasteiger partial charge >= 0.3 is 0 Å². The molecule has 0 aromatic heterocycles. The molecule has 0 saturated carbocycles. The van der Waals surface area contributed by atoms with Crippen molar-refractivity contribution in [3.8, 4) is 0 Å². The van der Waals surface area contributed by atoms with Crippen molar-refractivity contribution in [3.63, 3.8) is 0 Å². The van der Waals surface area contributed by atoms with Crippen LogP contribution in [0.4, 0.5) is 0 Å². The fraction of sp³-hybridized carbons (Fsp3) is 1.00. The predicted molar refractivity (Wildman–Crippen MR) is 68.6 cm³/mol. The van der Waals surface area contributed by atoms with Crippen molar-refractivity contribution in [2.45, 2.75) is 56.8 Å². The molecule has 4 heteroatoms. The third-order valence-electron chi connectivity index (χ3n) is 4.40. The first-order valence-corrected chi connectivity index (χ1v) is 6.91. The average molecular weight is 258 g/mol. The molecular formula is C14H26O4. The van der Waals surface area contributed by atoms with Crippen molar-refractivity contribution in [3.05, 3.63) is 0 Å².